The summed E-state index contributed by atoms with van der Waals surface area (Å²) in [6.07, 6.45) is 2.48. The molecule has 0 radical (unpaired) electrons. The highest BCUT2D eigenvalue weighted by Crippen LogP contribution is 2.33. The minimum absolute atomic E-state index is 0.263. The number of halogens is 1. The number of esters is 1. The normalized spacial score (nSPS) is 13.7. The summed E-state index contributed by atoms with van der Waals surface area (Å²) in [6.45, 7) is 2.88. The van der Waals surface area contributed by atoms with Crippen LogP contribution in [0.1, 0.15) is 34.3 Å². The van der Waals surface area contributed by atoms with Gasteiger partial charge in [-0.15, -0.1) is 0 Å². The van der Waals surface area contributed by atoms with Crippen LogP contribution in [0.15, 0.2) is 46.9 Å². The maximum absolute atomic E-state index is 12.5. The van der Waals surface area contributed by atoms with Gasteiger partial charge >= 0.3 is 5.97 Å². The first-order valence-corrected chi connectivity index (χ1v) is 8.57. The Morgan fingerprint density at radius 1 is 1.17 bits per heavy atom. The summed E-state index contributed by atoms with van der Waals surface area (Å²) in [5.74, 6) is 1.09. The van der Waals surface area contributed by atoms with Crippen molar-refractivity contribution in [3.63, 3.8) is 0 Å². The van der Waals surface area contributed by atoms with E-state index in [9.17, 15) is 4.79 Å². The molecule has 0 atom stereocenters. The summed E-state index contributed by atoms with van der Waals surface area (Å²) < 4.78 is 12.0. The second kappa shape index (κ2) is 7.18. The number of carbonyl (C=O) groups is 1. The lowest BCUT2D eigenvalue weighted by molar-refractivity contribution is 0.0470. The smallest absolute Gasteiger partial charge is 0.340 e. The third-order valence-electron chi connectivity index (χ3n) is 3.95. The Hall–Kier alpha value is -1.81. The van der Waals surface area contributed by atoms with Crippen molar-refractivity contribution in [2.45, 2.75) is 26.4 Å². The Balaban J connectivity index is 1.71. The largest absolute Gasteiger partial charge is 0.493 e. The molecule has 0 bridgehead atoms. The summed E-state index contributed by atoms with van der Waals surface area (Å²) in [4.78, 5) is 12.5. The van der Waals surface area contributed by atoms with Gasteiger partial charge in [0.15, 0.2) is 0 Å². The highest BCUT2D eigenvalue weighted by Gasteiger charge is 2.23. The van der Waals surface area contributed by atoms with Gasteiger partial charge in [0.25, 0.3) is 0 Å². The third-order valence-corrected chi connectivity index (χ3v) is 4.61. The number of carbonyl (C=O) groups excluding carboxylic acids is 1. The number of hydrogen-bond acceptors (Lipinski definition) is 3. The Bertz CT molecular complexity index is 693. The van der Waals surface area contributed by atoms with Crippen LogP contribution in [0, 0.1) is 12.8 Å². The Kier molecular flexibility index (Phi) is 5.01. The van der Waals surface area contributed by atoms with E-state index in [0.717, 1.165) is 28.0 Å². The van der Waals surface area contributed by atoms with E-state index in [1.54, 1.807) is 0 Å². The molecule has 0 aromatic heterocycles. The summed E-state index contributed by atoms with van der Waals surface area (Å²) >= 11 is 3.44. The summed E-state index contributed by atoms with van der Waals surface area (Å²) in [6, 6.07) is 13.4. The number of rotatable bonds is 6. The maximum Gasteiger partial charge on any atom is 0.340 e. The highest BCUT2D eigenvalue weighted by atomic mass is 79.9. The summed E-state index contributed by atoms with van der Waals surface area (Å²) in [5, 5.41) is 0. The molecule has 23 heavy (non-hydrogen) atoms. The van der Waals surface area contributed by atoms with E-state index in [1.807, 2.05) is 49.4 Å². The van der Waals surface area contributed by atoms with Crippen molar-refractivity contribution >= 4 is 21.9 Å². The van der Waals surface area contributed by atoms with Gasteiger partial charge in [0.05, 0.1) is 12.2 Å². The van der Waals surface area contributed by atoms with E-state index < -0.39 is 0 Å². The first kappa shape index (κ1) is 16.1. The molecule has 0 N–H and O–H groups in total. The van der Waals surface area contributed by atoms with Crippen LogP contribution in [0.25, 0.3) is 0 Å². The van der Waals surface area contributed by atoms with Crippen molar-refractivity contribution in [3.05, 3.63) is 63.6 Å². The van der Waals surface area contributed by atoms with Crippen molar-refractivity contribution in [2.75, 3.05) is 6.61 Å². The Morgan fingerprint density at radius 3 is 2.61 bits per heavy atom. The standard InChI is InChI=1S/C19H19BrO3/c1-13-17(22-11-15-7-8-15)10-9-16(20)18(13)19(21)23-12-14-5-3-2-4-6-14/h2-6,9-10,15H,7-8,11-12H2,1H3. The minimum atomic E-state index is -0.338. The van der Waals surface area contributed by atoms with Crippen LogP contribution in [-0.2, 0) is 11.3 Å². The van der Waals surface area contributed by atoms with E-state index in [-0.39, 0.29) is 12.6 Å². The zero-order chi connectivity index (χ0) is 16.2. The highest BCUT2D eigenvalue weighted by molar-refractivity contribution is 9.10. The van der Waals surface area contributed by atoms with Crippen molar-refractivity contribution in [3.8, 4) is 5.75 Å². The molecule has 0 spiro atoms. The first-order valence-electron chi connectivity index (χ1n) is 7.78. The zero-order valence-electron chi connectivity index (χ0n) is 13.0. The van der Waals surface area contributed by atoms with Crippen molar-refractivity contribution < 1.29 is 14.3 Å². The van der Waals surface area contributed by atoms with Crippen LogP contribution in [0.5, 0.6) is 5.75 Å². The third kappa shape index (κ3) is 4.14. The first-order chi connectivity index (χ1) is 11.1. The van der Waals surface area contributed by atoms with Crippen LogP contribution in [0.2, 0.25) is 0 Å². The predicted molar refractivity (Wildman–Crippen MR) is 92.7 cm³/mol. The minimum Gasteiger partial charge on any atom is -0.493 e. The van der Waals surface area contributed by atoms with Crippen LogP contribution in [-0.4, -0.2) is 12.6 Å². The lowest BCUT2D eigenvalue weighted by atomic mass is 10.1. The van der Waals surface area contributed by atoms with Gasteiger partial charge in [-0.05, 0) is 59.3 Å². The van der Waals surface area contributed by atoms with E-state index >= 15 is 0 Å². The number of ether oxygens (including phenoxy) is 2. The van der Waals surface area contributed by atoms with E-state index in [1.165, 1.54) is 12.8 Å². The second-order valence-corrected chi connectivity index (χ2v) is 6.72. The molecule has 1 aliphatic carbocycles. The maximum atomic E-state index is 12.5. The molecular formula is C19H19BrO3. The fraction of sp³-hybridized carbons (Fsp3) is 0.316. The molecule has 0 amide bonds. The van der Waals surface area contributed by atoms with E-state index in [4.69, 9.17) is 9.47 Å². The van der Waals surface area contributed by atoms with Crippen LogP contribution >= 0.6 is 15.9 Å². The van der Waals surface area contributed by atoms with Crippen molar-refractivity contribution in [1.29, 1.82) is 0 Å². The molecule has 120 valence electrons. The lowest BCUT2D eigenvalue weighted by Crippen LogP contribution is -2.10. The average molecular weight is 375 g/mol. The molecule has 4 heteroatoms. The zero-order valence-corrected chi connectivity index (χ0v) is 14.6. The molecule has 0 unspecified atom stereocenters. The molecule has 3 nitrogen and oxygen atoms in total. The van der Waals surface area contributed by atoms with Gasteiger partial charge in [-0.1, -0.05) is 30.3 Å². The Labute approximate surface area is 144 Å². The molecule has 3 rings (SSSR count). The lowest BCUT2D eigenvalue weighted by Gasteiger charge is -2.14. The Morgan fingerprint density at radius 2 is 1.91 bits per heavy atom. The summed E-state index contributed by atoms with van der Waals surface area (Å²) in [7, 11) is 0. The van der Waals surface area contributed by atoms with Gasteiger partial charge in [-0.3, -0.25) is 0 Å². The molecule has 0 saturated heterocycles. The molecule has 1 saturated carbocycles. The molecule has 1 aliphatic rings. The molecule has 0 heterocycles. The fourth-order valence-corrected chi connectivity index (χ4v) is 2.95. The van der Waals surface area contributed by atoms with Gasteiger partial charge < -0.3 is 9.47 Å². The quantitative estimate of drug-likeness (QED) is 0.674. The molecule has 1 fully saturated rings. The van der Waals surface area contributed by atoms with Crippen molar-refractivity contribution in [1.82, 2.24) is 0 Å². The van der Waals surface area contributed by atoms with Gasteiger partial charge in [-0.2, -0.15) is 0 Å². The second-order valence-electron chi connectivity index (χ2n) is 5.86. The van der Waals surface area contributed by atoms with Crippen LogP contribution in [0.4, 0.5) is 0 Å². The topological polar surface area (TPSA) is 35.5 Å². The average Bonchev–Trinajstić information content (AvgIpc) is 3.37. The fourth-order valence-electron chi connectivity index (χ4n) is 2.35. The van der Waals surface area contributed by atoms with Gasteiger partial charge in [0, 0.05) is 10.0 Å². The summed E-state index contributed by atoms with van der Waals surface area (Å²) in [5.41, 5.74) is 2.32. The van der Waals surface area contributed by atoms with Crippen LogP contribution in [0.3, 0.4) is 0 Å². The van der Waals surface area contributed by atoms with Gasteiger partial charge in [0.1, 0.15) is 12.4 Å². The van der Waals surface area contributed by atoms with E-state index in [2.05, 4.69) is 15.9 Å². The van der Waals surface area contributed by atoms with Gasteiger partial charge in [-0.25, -0.2) is 4.79 Å². The van der Waals surface area contributed by atoms with Crippen molar-refractivity contribution in [2.24, 2.45) is 5.92 Å². The van der Waals surface area contributed by atoms with Gasteiger partial charge in [0.2, 0.25) is 0 Å². The van der Waals surface area contributed by atoms with Crippen LogP contribution < -0.4 is 4.74 Å². The molecule has 2 aromatic rings. The molecule has 2 aromatic carbocycles. The monoisotopic (exact) mass is 374 g/mol. The predicted octanol–water partition coefficient (Wildman–Crippen LogP) is 4.90. The molecular weight excluding hydrogens is 356 g/mol. The van der Waals surface area contributed by atoms with E-state index in [0.29, 0.717) is 11.5 Å². The SMILES string of the molecule is Cc1c(OCC2CC2)ccc(Br)c1C(=O)OCc1ccccc1. The number of benzene rings is 2. The number of hydrogen-bond donors (Lipinski definition) is 0. The molecule has 0 aliphatic heterocycles.